The second kappa shape index (κ2) is 7.48. The Kier molecular flexibility index (Phi) is 5.14. The van der Waals surface area contributed by atoms with Gasteiger partial charge in [0.15, 0.2) is 11.2 Å². The summed E-state index contributed by atoms with van der Waals surface area (Å²) in [4.78, 5) is 23.6. The van der Waals surface area contributed by atoms with Crippen molar-refractivity contribution < 1.29 is 14.3 Å². The summed E-state index contributed by atoms with van der Waals surface area (Å²) in [6, 6.07) is 13.5. The minimum atomic E-state index is -0.726. The fourth-order valence-corrected chi connectivity index (χ4v) is 2.46. The van der Waals surface area contributed by atoms with Crippen molar-refractivity contribution in [2.45, 2.75) is 25.9 Å². The van der Waals surface area contributed by atoms with Gasteiger partial charge in [0.25, 0.3) is 5.91 Å². The molecular formula is C18H19N3O3S. The van der Waals surface area contributed by atoms with Gasteiger partial charge in [0, 0.05) is 5.92 Å². The van der Waals surface area contributed by atoms with Crippen LogP contribution in [0.4, 0.5) is 0 Å². The molecule has 0 aliphatic heterocycles. The lowest BCUT2D eigenvalue weighted by molar-refractivity contribution is -0.128. The van der Waals surface area contributed by atoms with Crippen molar-refractivity contribution in [3.05, 3.63) is 42.5 Å². The number of thiocarbonyl (C=S) groups is 1. The Morgan fingerprint density at radius 2 is 1.84 bits per heavy atom. The Balaban J connectivity index is 1.49. The number of carbonyl (C=O) groups excluding carboxylic acids is 2. The SMILES string of the molecule is C[C@H](Oc1ccc2ccccc2c1)C(=O)NNC(=S)NC(=O)C1CC1. The van der Waals surface area contributed by atoms with Crippen LogP contribution in [-0.2, 0) is 9.59 Å². The van der Waals surface area contributed by atoms with Crippen molar-refractivity contribution in [2.24, 2.45) is 5.92 Å². The zero-order valence-corrected chi connectivity index (χ0v) is 14.6. The van der Waals surface area contributed by atoms with Crippen molar-refractivity contribution in [1.29, 1.82) is 0 Å². The maximum absolute atomic E-state index is 12.1. The van der Waals surface area contributed by atoms with Crippen LogP contribution in [0.3, 0.4) is 0 Å². The average Bonchev–Trinajstić information content (AvgIpc) is 3.44. The Hall–Kier alpha value is -2.67. The molecule has 1 saturated carbocycles. The molecule has 0 unspecified atom stereocenters. The van der Waals surface area contributed by atoms with E-state index in [4.69, 9.17) is 17.0 Å². The van der Waals surface area contributed by atoms with Crippen LogP contribution in [0.25, 0.3) is 10.8 Å². The quantitative estimate of drug-likeness (QED) is 0.576. The topological polar surface area (TPSA) is 79.5 Å². The summed E-state index contributed by atoms with van der Waals surface area (Å²) in [6.45, 7) is 1.64. The average molecular weight is 357 g/mol. The molecule has 0 heterocycles. The van der Waals surface area contributed by atoms with Crippen molar-refractivity contribution in [3.8, 4) is 5.75 Å². The van der Waals surface area contributed by atoms with E-state index in [0.717, 1.165) is 23.6 Å². The molecule has 0 spiro atoms. The molecule has 2 aromatic carbocycles. The van der Waals surface area contributed by atoms with Crippen molar-refractivity contribution in [3.63, 3.8) is 0 Å². The number of ether oxygens (including phenoxy) is 1. The first kappa shape index (κ1) is 17.2. The van der Waals surface area contributed by atoms with Gasteiger partial charge in [-0.2, -0.15) is 0 Å². The number of hydrazine groups is 1. The summed E-state index contributed by atoms with van der Waals surface area (Å²) in [5.41, 5.74) is 4.95. The van der Waals surface area contributed by atoms with Crippen LogP contribution >= 0.6 is 12.2 Å². The van der Waals surface area contributed by atoms with Gasteiger partial charge in [0.1, 0.15) is 5.75 Å². The highest BCUT2D eigenvalue weighted by atomic mass is 32.1. The van der Waals surface area contributed by atoms with Crippen molar-refractivity contribution in [1.82, 2.24) is 16.2 Å². The molecule has 1 aliphatic rings. The lowest BCUT2D eigenvalue weighted by Gasteiger charge is -2.16. The molecule has 1 aliphatic carbocycles. The second-order valence-corrected chi connectivity index (χ2v) is 6.38. The highest BCUT2D eigenvalue weighted by Gasteiger charge is 2.30. The van der Waals surface area contributed by atoms with E-state index in [2.05, 4.69) is 16.2 Å². The third kappa shape index (κ3) is 4.67. The summed E-state index contributed by atoms with van der Waals surface area (Å²) < 4.78 is 5.66. The number of hydrogen-bond donors (Lipinski definition) is 3. The van der Waals surface area contributed by atoms with Gasteiger partial charge in [0.2, 0.25) is 5.91 Å². The molecule has 6 nitrogen and oxygen atoms in total. The van der Waals surface area contributed by atoms with E-state index in [-0.39, 0.29) is 16.9 Å². The maximum Gasteiger partial charge on any atom is 0.279 e. The molecule has 2 amide bonds. The summed E-state index contributed by atoms with van der Waals surface area (Å²) in [6.07, 6.45) is 1.05. The molecule has 2 aromatic rings. The Morgan fingerprint density at radius 3 is 2.56 bits per heavy atom. The maximum atomic E-state index is 12.1. The monoisotopic (exact) mass is 357 g/mol. The van der Waals surface area contributed by atoms with Crippen LogP contribution in [0.2, 0.25) is 0 Å². The molecule has 7 heteroatoms. The Morgan fingerprint density at radius 1 is 1.12 bits per heavy atom. The van der Waals surface area contributed by atoms with E-state index >= 15 is 0 Å². The Labute approximate surface area is 150 Å². The molecule has 0 saturated heterocycles. The third-order valence-corrected chi connectivity index (χ3v) is 4.09. The first-order valence-corrected chi connectivity index (χ1v) is 8.50. The largest absolute Gasteiger partial charge is 0.481 e. The van der Waals surface area contributed by atoms with E-state index in [1.807, 2.05) is 42.5 Å². The van der Waals surface area contributed by atoms with E-state index in [1.54, 1.807) is 6.92 Å². The van der Waals surface area contributed by atoms with Gasteiger partial charge in [0.05, 0.1) is 0 Å². The highest BCUT2D eigenvalue weighted by molar-refractivity contribution is 7.80. The fourth-order valence-electron chi connectivity index (χ4n) is 2.31. The van der Waals surface area contributed by atoms with Gasteiger partial charge in [-0.15, -0.1) is 0 Å². The number of nitrogens with one attached hydrogen (secondary N) is 3. The molecule has 0 radical (unpaired) electrons. The van der Waals surface area contributed by atoms with Crippen LogP contribution < -0.4 is 20.9 Å². The number of fused-ring (bicyclic) bond motifs is 1. The smallest absolute Gasteiger partial charge is 0.279 e. The van der Waals surface area contributed by atoms with Crippen LogP contribution in [0.1, 0.15) is 19.8 Å². The molecule has 1 fully saturated rings. The number of rotatable bonds is 4. The summed E-state index contributed by atoms with van der Waals surface area (Å²) in [7, 11) is 0. The second-order valence-electron chi connectivity index (χ2n) is 5.98. The van der Waals surface area contributed by atoms with E-state index in [0.29, 0.717) is 5.75 Å². The van der Waals surface area contributed by atoms with Gasteiger partial charge in [-0.05, 0) is 54.9 Å². The molecule has 0 aromatic heterocycles. The molecule has 1 atom stereocenters. The molecule has 0 bridgehead atoms. The summed E-state index contributed by atoms with van der Waals surface area (Å²) in [5, 5.41) is 4.74. The number of hydrogen-bond acceptors (Lipinski definition) is 4. The van der Waals surface area contributed by atoms with Crippen LogP contribution in [0.15, 0.2) is 42.5 Å². The zero-order valence-electron chi connectivity index (χ0n) is 13.7. The predicted molar refractivity (Wildman–Crippen MR) is 98.8 cm³/mol. The predicted octanol–water partition coefficient (Wildman–Crippen LogP) is 2.04. The van der Waals surface area contributed by atoms with Gasteiger partial charge in [-0.1, -0.05) is 30.3 Å². The lowest BCUT2D eigenvalue weighted by atomic mass is 10.1. The van der Waals surface area contributed by atoms with Crippen LogP contribution in [0.5, 0.6) is 5.75 Å². The lowest BCUT2D eigenvalue weighted by Crippen LogP contribution is -2.51. The van der Waals surface area contributed by atoms with Gasteiger partial charge in [-0.3, -0.25) is 20.4 Å². The Bertz CT molecular complexity index is 820. The van der Waals surface area contributed by atoms with Crippen molar-refractivity contribution >= 4 is 39.9 Å². The van der Waals surface area contributed by atoms with E-state index in [1.165, 1.54) is 0 Å². The third-order valence-electron chi connectivity index (χ3n) is 3.89. The normalized spacial score (nSPS) is 14.4. The number of benzene rings is 2. The minimum absolute atomic E-state index is 0.0469. The first-order chi connectivity index (χ1) is 12.0. The first-order valence-electron chi connectivity index (χ1n) is 8.09. The summed E-state index contributed by atoms with van der Waals surface area (Å²) in [5.74, 6) is 0.139. The van der Waals surface area contributed by atoms with E-state index in [9.17, 15) is 9.59 Å². The zero-order chi connectivity index (χ0) is 17.8. The molecule has 25 heavy (non-hydrogen) atoms. The highest BCUT2D eigenvalue weighted by Crippen LogP contribution is 2.28. The van der Waals surface area contributed by atoms with Gasteiger partial charge < -0.3 is 10.1 Å². The van der Waals surface area contributed by atoms with Gasteiger partial charge in [-0.25, -0.2) is 0 Å². The number of amides is 2. The summed E-state index contributed by atoms with van der Waals surface area (Å²) >= 11 is 4.97. The molecule has 3 rings (SSSR count). The fraction of sp³-hybridized carbons (Fsp3) is 0.278. The van der Waals surface area contributed by atoms with Gasteiger partial charge >= 0.3 is 0 Å². The molecule has 130 valence electrons. The standard InChI is InChI=1S/C18H19N3O3S/c1-11(16(22)20-21-18(25)19-17(23)13-6-7-13)24-15-9-8-12-4-2-3-5-14(12)10-15/h2-5,8-11,13H,6-7H2,1H3,(H,20,22)(H2,19,21,23,25)/t11-/m0/s1. The van der Waals surface area contributed by atoms with Crippen LogP contribution in [0, 0.1) is 5.92 Å². The minimum Gasteiger partial charge on any atom is -0.481 e. The van der Waals surface area contributed by atoms with E-state index < -0.39 is 12.0 Å². The van der Waals surface area contributed by atoms with Crippen molar-refractivity contribution in [2.75, 3.05) is 0 Å². The molecule has 3 N–H and O–H groups in total. The number of carbonyl (C=O) groups is 2. The molecular weight excluding hydrogens is 338 g/mol. The van der Waals surface area contributed by atoms with Crippen LogP contribution in [-0.4, -0.2) is 23.0 Å².